The molecule has 1 heterocycles. The van der Waals surface area contributed by atoms with Gasteiger partial charge in [-0.3, -0.25) is 0 Å². The van der Waals surface area contributed by atoms with Crippen LogP contribution in [0.3, 0.4) is 0 Å². The van der Waals surface area contributed by atoms with E-state index in [9.17, 15) is 14.7 Å². The molecule has 5 nitrogen and oxygen atoms in total. The zero-order valence-electron chi connectivity index (χ0n) is 14.1. The molecule has 0 aromatic rings. The third-order valence-corrected chi connectivity index (χ3v) is 4.52. The number of carboxylic acids is 1. The molecule has 0 saturated carbocycles. The van der Waals surface area contributed by atoms with Gasteiger partial charge in [-0.1, -0.05) is 27.7 Å². The molecular weight excluding hydrogens is 268 g/mol. The zero-order valence-corrected chi connectivity index (χ0v) is 14.1. The van der Waals surface area contributed by atoms with Crippen molar-refractivity contribution in [2.24, 2.45) is 5.92 Å². The maximum absolute atomic E-state index is 12.9. The zero-order chi connectivity index (χ0) is 16.2. The fourth-order valence-electron chi connectivity index (χ4n) is 3.15. The molecule has 1 N–H and O–H groups in total. The predicted molar refractivity (Wildman–Crippen MR) is 83.3 cm³/mol. The summed E-state index contributed by atoms with van der Waals surface area (Å²) < 4.78 is 0. The molecule has 5 heteroatoms. The maximum atomic E-state index is 12.9. The standard InChI is InChI=1S/C16H30N2O3/c1-6-13(7-2)17(11-12(3)4)15(21)18-10-8-9-16(18,5)14(19)20/h12-13H,6-11H2,1-5H3,(H,19,20). The molecule has 1 fully saturated rings. The van der Waals surface area contributed by atoms with Crippen LogP contribution in [0.2, 0.25) is 0 Å². The first-order chi connectivity index (χ1) is 9.77. The highest BCUT2D eigenvalue weighted by Crippen LogP contribution is 2.31. The minimum Gasteiger partial charge on any atom is -0.480 e. The minimum atomic E-state index is -1.06. The van der Waals surface area contributed by atoms with Crippen LogP contribution in [-0.2, 0) is 4.79 Å². The molecule has 0 spiro atoms. The first kappa shape index (κ1) is 17.8. The number of likely N-dealkylation sites (tertiary alicyclic amines) is 1. The van der Waals surface area contributed by atoms with Crippen molar-refractivity contribution in [3.8, 4) is 0 Å². The molecular formula is C16H30N2O3. The van der Waals surface area contributed by atoms with Crippen LogP contribution in [0.25, 0.3) is 0 Å². The van der Waals surface area contributed by atoms with Crippen molar-refractivity contribution in [1.82, 2.24) is 9.80 Å². The quantitative estimate of drug-likeness (QED) is 0.819. The lowest BCUT2D eigenvalue weighted by molar-refractivity contribution is -0.147. The average Bonchev–Trinajstić information content (AvgIpc) is 2.81. The number of hydrogen-bond acceptors (Lipinski definition) is 2. The largest absolute Gasteiger partial charge is 0.480 e. The van der Waals surface area contributed by atoms with Gasteiger partial charge in [-0.05, 0) is 38.5 Å². The van der Waals surface area contributed by atoms with Gasteiger partial charge in [0.1, 0.15) is 5.54 Å². The third kappa shape index (κ3) is 3.69. The molecule has 1 atom stereocenters. The van der Waals surface area contributed by atoms with Gasteiger partial charge in [0.2, 0.25) is 0 Å². The Hall–Kier alpha value is -1.26. The summed E-state index contributed by atoms with van der Waals surface area (Å²) in [6, 6.07) is 0.0679. The molecule has 1 aliphatic rings. The summed E-state index contributed by atoms with van der Waals surface area (Å²) in [6.45, 7) is 11.2. The minimum absolute atomic E-state index is 0.111. The Balaban J connectivity index is 3.01. The molecule has 0 bridgehead atoms. The first-order valence-electron chi connectivity index (χ1n) is 8.09. The summed E-state index contributed by atoms with van der Waals surface area (Å²) in [4.78, 5) is 28.0. The molecule has 0 aliphatic carbocycles. The van der Waals surface area contributed by atoms with E-state index in [0.29, 0.717) is 25.4 Å². The number of amides is 2. The van der Waals surface area contributed by atoms with Crippen molar-refractivity contribution in [2.45, 2.75) is 71.9 Å². The Morgan fingerprint density at radius 2 is 1.86 bits per heavy atom. The Labute approximate surface area is 128 Å². The van der Waals surface area contributed by atoms with Gasteiger partial charge in [-0.15, -0.1) is 0 Å². The van der Waals surface area contributed by atoms with Gasteiger partial charge in [0.05, 0.1) is 0 Å². The Morgan fingerprint density at radius 3 is 2.29 bits per heavy atom. The predicted octanol–water partition coefficient (Wildman–Crippen LogP) is 3.19. The van der Waals surface area contributed by atoms with Crippen molar-refractivity contribution < 1.29 is 14.7 Å². The van der Waals surface area contributed by atoms with Gasteiger partial charge in [-0.2, -0.15) is 0 Å². The Morgan fingerprint density at radius 1 is 1.29 bits per heavy atom. The second-order valence-corrected chi connectivity index (χ2v) is 6.63. The van der Waals surface area contributed by atoms with Gasteiger partial charge < -0.3 is 14.9 Å². The Kier molecular flexibility index (Phi) is 6.05. The number of carboxylic acid groups (broad SMARTS) is 1. The van der Waals surface area contributed by atoms with E-state index < -0.39 is 11.5 Å². The van der Waals surface area contributed by atoms with Crippen LogP contribution in [0.1, 0.15) is 60.3 Å². The molecule has 0 aromatic carbocycles. The van der Waals surface area contributed by atoms with Crippen molar-refractivity contribution in [2.75, 3.05) is 13.1 Å². The van der Waals surface area contributed by atoms with Crippen LogP contribution in [0.4, 0.5) is 4.79 Å². The summed E-state index contributed by atoms with van der Waals surface area (Å²) >= 11 is 0. The van der Waals surface area contributed by atoms with Crippen molar-refractivity contribution in [1.29, 1.82) is 0 Å². The van der Waals surface area contributed by atoms with Crippen LogP contribution >= 0.6 is 0 Å². The second-order valence-electron chi connectivity index (χ2n) is 6.63. The molecule has 1 saturated heterocycles. The van der Waals surface area contributed by atoms with E-state index in [1.807, 2.05) is 4.90 Å². The van der Waals surface area contributed by atoms with Crippen molar-refractivity contribution in [3.05, 3.63) is 0 Å². The van der Waals surface area contributed by atoms with Crippen molar-refractivity contribution >= 4 is 12.0 Å². The monoisotopic (exact) mass is 298 g/mol. The summed E-state index contributed by atoms with van der Waals surface area (Å²) in [5.41, 5.74) is -1.06. The summed E-state index contributed by atoms with van der Waals surface area (Å²) in [5.74, 6) is -0.532. The lowest BCUT2D eigenvalue weighted by atomic mass is 9.99. The molecule has 21 heavy (non-hydrogen) atoms. The number of urea groups is 1. The molecule has 2 amide bonds. The maximum Gasteiger partial charge on any atom is 0.329 e. The van der Waals surface area contributed by atoms with E-state index >= 15 is 0 Å². The van der Waals surface area contributed by atoms with Gasteiger partial charge >= 0.3 is 12.0 Å². The fourth-order valence-corrected chi connectivity index (χ4v) is 3.15. The van der Waals surface area contributed by atoms with Crippen LogP contribution < -0.4 is 0 Å². The molecule has 122 valence electrons. The molecule has 1 aliphatic heterocycles. The van der Waals surface area contributed by atoms with Gasteiger partial charge in [0.15, 0.2) is 0 Å². The number of carbonyl (C=O) groups excluding carboxylic acids is 1. The number of aliphatic carboxylic acids is 1. The van der Waals surface area contributed by atoms with E-state index in [4.69, 9.17) is 0 Å². The molecule has 1 rings (SSSR count). The highest BCUT2D eigenvalue weighted by molar-refractivity contribution is 5.86. The first-order valence-corrected chi connectivity index (χ1v) is 8.09. The number of rotatable bonds is 6. The van der Waals surface area contributed by atoms with Gasteiger partial charge in [0, 0.05) is 19.1 Å². The van der Waals surface area contributed by atoms with E-state index in [1.54, 1.807) is 11.8 Å². The van der Waals surface area contributed by atoms with E-state index in [0.717, 1.165) is 19.3 Å². The summed E-state index contributed by atoms with van der Waals surface area (Å²) in [7, 11) is 0. The van der Waals surface area contributed by atoms with Crippen LogP contribution in [0.15, 0.2) is 0 Å². The average molecular weight is 298 g/mol. The number of hydrogen-bond donors (Lipinski definition) is 1. The highest BCUT2D eigenvalue weighted by atomic mass is 16.4. The lowest BCUT2D eigenvalue weighted by Crippen LogP contribution is -2.57. The number of carbonyl (C=O) groups is 2. The third-order valence-electron chi connectivity index (χ3n) is 4.52. The molecule has 0 radical (unpaired) electrons. The second kappa shape index (κ2) is 7.14. The summed E-state index contributed by atoms with van der Waals surface area (Å²) in [5, 5.41) is 9.50. The van der Waals surface area contributed by atoms with E-state index in [-0.39, 0.29) is 12.1 Å². The van der Waals surface area contributed by atoms with Crippen LogP contribution in [-0.4, -0.2) is 51.6 Å². The SMILES string of the molecule is CCC(CC)N(CC(C)C)C(=O)N1CCCC1(C)C(=O)O. The molecule has 0 aromatic heterocycles. The van der Waals surface area contributed by atoms with Gasteiger partial charge in [-0.25, -0.2) is 9.59 Å². The van der Waals surface area contributed by atoms with E-state index in [1.165, 1.54) is 0 Å². The summed E-state index contributed by atoms with van der Waals surface area (Å²) in [6.07, 6.45) is 3.08. The fraction of sp³-hybridized carbons (Fsp3) is 0.875. The lowest BCUT2D eigenvalue weighted by Gasteiger charge is -2.39. The number of nitrogens with zero attached hydrogens (tertiary/aromatic N) is 2. The molecule has 1 unspecified atom stereocenters. The van der Waals surface area contributed by atoms with E-state index in [2.05, 4.69) is 27.7 Å². The normalized spacial score (nSPS) is 22.1. The topological polar surface area (TPSA) is 60.9 Å². The Bertz CT molecular complexity index is 380. The van der Waals surface area contributed by atoms with Crippen LogP contribution in [0.5, 0.6) is 0 Å². The highest BCUT2D eigenvalue weighted by Gasteiger charge is 2.47. The van der Waals surface area contributed by atoms with Crippen LogP contribution in [0, 0.1) is 5.92 Å². The smallest absolute Gasteiger partial charge is 0.329 e. The van der Waals surface area contributed by atoms with Crippen molar-refractivity contribution in [3.63, 3.8) is 0 Å². The van der Waals surface area contributed by atoms with Gasteiger partial charge in [0.25, 0.3) is 0 Å².